The molecule has 3 rings (SSSR count). The maximum absolute atomic E-state index is 12.5. The second-order valence-corrected chi connectivity index (χ2v) is 6.79. The highest BCUT2D eigenvalue weighted by atomic mass is 35.5. The molecule has 0 aromatic heterocycles. The third-order valence-corrected chi connectivity index (χ3v) is 5.03. The van der Waals surface area contributed by atoms with Crippen molar-refractivity contribution >= 4 is 29.9 Å². The second-order valence-electron chi connectivity index (χ2n) is 6.35. The number of carbonyl (C=O) groups is 1. The van der Waals surface area contributed by atoms with Crippen LogP contribution in [0.5, 0.6) is 0 Å². The van der Waals surface area contributed by atoms with E-state index in [9.17, 15) is 4.79 Å². The van der Waals surface area contributed by atoms with E-state index in [-0.39, 0.29) is 23.7 Å². The molecule has 1 aliphatic heterocycles. The van der Waals surface area contributed by atoms with Crippen molar-refractivity contribution in [1.29, 1.82) is 0 Å². The minimum Gasteiger partial charge on any atom is -0.355 e. The lowest BCUT2D eigenvalue weighted by Gasteiger charge is -2.23. The molecule has 1 atom stereocenters. The van der Waals surface area contributed by atoms with Gasteiger partial charge in [-0.15, -0.1) is 12.4 Å². The number of carbonyl (C=O) groups excluding carboxylic acids is 1. The highest BCUT2D eigenvalue weighted by molar-refractivity contribution is 6.30. The molecule has 1 aromatic carbocycles. The van der Waals surface area contributed by atoms with Gasteiger partial charge in [0.25, 0.3) is 0 Å². The molecule has 1 heterocycles. The van der Waals surface area contributed by atoms with Gasteiger partial charge in [0.2, 0.25) is 5.91 Å². The predicted molar refractivity (Wildman–Crippen MR) is 92.8 cm³/mol. The summed E-state index contributed by atoms with van der Waals surface area (Å²) in [5, 5.41) is 7.27. The van der Waals surface area contributed by atoms with Gasteiger partial charge in [-0.2, -0.15) is 0 Å². The van der Waals surface area contributed by atoms with Crippen LogP contribution in [0.3, 0.4) is 0 Å². The van der Waals surface area contributed by atoms with Crippen LogP contribution in [-0.2, 0) is 10.2 Å². The van der Waals surface area contributed by atoms with Crippen molar-refractivity contribution in [2.75, 3.05) is 19.6 Å². The Bertz CT molecular complexity index is 511. The Labute approximate surface area is 143 Å². The van der Waals surface area contributed by atoms with Gasteiger partial charge in [0.1, 0.15) is 0 Å². The average Bonchev–Trinajstić information content (AvgIpc) is 3.30. The highest BCUT2D eigenvalue weighted by Crippen LogP contribution is 2.48. The molecule has 0 bridgehead atoms. The van der Waals surface area contributed by atoms with Gasteiger partial charge in [0, 0.05) is 11.6 Å². The molecular formula is C17H24Cl2N2O. The summed E-state index contributed by atoms with van der Waals surface area (Å²) in [7, 11) is 0. The van der Waals surface area contributed by atoms with E-state index in [1.54, 1.807) is 0 Å². The number of halogens is 2. The quantitative estimate of drug-likeness (QED) is 0.861. The Morgan fingerprint density at radius 2 is 2.23 bits per heavy atom. The van der Waals surface area contributed by atoms with E-state index in [4.69, 9.17) is 11.6 Å². The number of rotatable bonds is 5. The lowest BCUT2D eigenvalue weighted by atomic mass is 9.94. The summed E-state index contributed by atoms with van der Waals surface area (Å²) in [4.78, 5) is 12.5. The lowest BCUT2D eigenvalue weighted by molar-refractivity contribution is -0.123. The third kappa shape index (κ3) is 3.95. The number of hydrogen-bond acceptors (Lipinski definition) is 2. The number of hydrogen-bond donors (Lipinski definition) is 2. The van der Waals surface area contributed by atoms with Crippen LogP contribution < -0.4 is 10.6 Å². The van der Waals surface area contributed by atoms with Crippen molar-refractivity contribution < 1.29 is 4.79 Å². The number of nitrogens with one attached hydrogen (secondary N) is 2. The van der Waals surface area contributed by atoms with Crippen LogP contribution in [-0.4, -0.2) is 25.5 Å². The molecule has 1 amide bonds. The molecule has 3 nitrogen and oxygen atoms in total. The van der Waals surface area contributed by atoms with Crippen LogP contribution in [0, 0.1) is 5.92 Å². The summed E-state index contributed by atoms with van der Waals surface area (Å²) >= 11 is 6.05. The molecule has 2 N–H and O–H groups in total. The maximum Gasteiger partial charge on any atom is 0.230 e. The molecular weight excluding hydrogens is 319 g/mol. The van der Waals surface area contributed by atoms with Crippen molar-refractivity contribution in [1.82, 2.24) is 10.6 Å². The van der Waals surface area contributed by atoms with E-state index >= 15 is 0 Å². The second kappa shape index (κ2) is 7.67. The monoisotopic (exact) mass is 342 g/mol. The molecule has 0 radical (unpaired) electrons. The minimum atomic E-state index is -0.310. The van der Waals surface area contributed by atoms with Crippen LogP contribution in [0.2, 0.25) is 5.02 Å². The van der Waals surface area contributed by atoms with Crippen molar-refractivity contribution in [2.45, 2.75) is 37.5 Å². The number of piperidine rings is 1. The minimum absolute atomic E-state index is 0. The molecule has 122 valence electrons. The van der Waals surface area contributed by atoms with Gasteiger partial charge in [-0.25, -0.2) is 0 Å². The largest absolute Gasteiger partial charge is 0.355 e. The third-order valence-electron chi connectivity index (χ3n) is 4.80. The summed E-state index contributed by atoms with van der Waals surface area (Å²) in [6.45, 7) is 3.02. The molecule has 1 aliphatic carbocycles. The van der Waals surface area contributed by atoms with E-state index in [0.29, 0.717) is 10.9 Å². The van der Waals surface area contributed by atoms with Crippen molar-refractivity contribution in [3.63, 3.8) is 0 Å². The zero-order chi connectivity index (χ0) is 14.7. The van der Waals surface area contributed by atoms with E-state index in [1.165, 1.54) is 12.8 Å². The zero-order valence-corrected chi connectivity index (χ0v) is 14.3. The van der Waals surface area contributed by atoms with Crippen LogP contribution in [0.1, 0.15) is 37.7 Å². The number of amides is 1. The molecule has 1 unspecified atom stereocenters. The van der Waals surface area contributed by atoms with Gasteiger partial charge in [0.05, 0.1) is 5.41 Å². The molecule has 1 aromatic rings. The summed E-state index contributed by atoms with van der Waals surface area (Å²) in [5.74, 6) is 0.883. The van der Waals surface area contributed by atoms with Crippen LogP contribution >= 0.6 is 24.0 Å². The van der Waals surface area contributed by atoms with Gasteiger partial charge in [0.15, 0.2) is 0 Å². The zero-order valence-electron chi connectivity index (χ0n) is 12.7. The fraction of sp³-hybridized carbons (Fsp3) is 0.588. The predicted octanol–water partition coefficient (Wildman–Crippen LogP) is 3.30. The van der Waals surface area contributed by atoms with Crippen LogP contribution in [0.25, 0.3) is 0 Å². The average molecular weight is 343 g/mol. The van der Waals surface area contributed by atoms with E-state index < -0.39 is 0 Å². The molecule has 1 saturated carbocycles. The first kappa shape index (κ1) is 17.6. The lowest BCUT2D eigenvalue weighted by Crippen LogP contribution is -2.37. The summed E-state index contributed by atoms with van der Waals surface area (Å²) in [6, 6.07) is 7.73. The molecule has 2 fully saturated rings. The first-order valence-electron chi connectivity index (χ1n) is 7.96. The Kier molecular flexibility index (Phi) is 6.13. The van der Waals surface area contributed by atoms with E-state index in [1.807, 2.05) is 24.3 Å². The number of benzene rings is 1. The molecule has 0 spiro atoms. The molecule has 5 heteroatoms. The molecule has 1 saturated heterocycles. The fourth-order valence-corrected chi connectivity index (χ4v) is 3.48. The SMILES string of the molecule is Cl.O=C(NCCC1CCCNC1)C1(c2cccc(Cl)c2)CC1. The van der Waals surface area contributed by atoms with Gasteiger partial charge >= 0.3 is 0 Å². The first-order valence-corrected chi connectivity index (χ1v) is 8.33. The smallest absolute Gasteiger partial charge is 0.230 e. The van der Waals surface area contributed by atoms with Crippen molar-refractivity contribution in [3.8, 4) is 0 Å². The van der Waals surface area contributed by atoms with Crippen molar-refractivity contribution in [2.24, 2.45) is 5.92 Å². The first-order chi connectivity index (χ1) is 10.2. The standard InChI is InChI=1S/C17H23ClN2O.ClH/c18-15-5-1-4-14(11-15)17(7-8-17)16(21)20-10-6-13-3-2-9-19-12-13;/h1,4-5,11,13,19H,2-3,6-10,12H2,(H,20,21);1H. The molecule has 2 aliphatic rings. The topological polar surface area (TPSA) is 41.1 Å². The Morgan fingerprint density at radius 1 is 1.41 bits per heavy atom. The van der Waals surface area contributed by atoms with E-state index in [2.05, 4.69) is 10.6 Å². The van der Waals surface area contributed by atoms with Crippen LogP contribution in [0.4, 0.5) is 0 Å². The van der Waals surface area contributed by atoms with Crippen LogP contribution in [0.15, 0.2) is 24.3 Å². The molecule has 22 heavy (non-hydrogen) atoms. The normalized spacial score (nSPS) is 22.5. The van der Waals surface area contributed by atoms with Gasteiger partial charge < -0.3 is 10.6 Å². The van der Waals surface area contributed by atoms with Gasteiger partial charge in [-0.3, -0.25) is 4.79 Å². The maximum atomic E-state index is 12.5. The fourth-order valence-electron chi connectivity index (χ4n) is 3.29. The highest BCUT2D eigenvalue weighted by Gasteiger charge is 2.51. The summed E-state index contributed by atoms with van der Waals surface area (Å²) < 4.78 is 0. The van der Waals surface area contributed by atoms with Gasteiger partial charge in [-0.1, -0.05) is 23.7 Å². The Hall–Kier alpha value is -0.770. The Balaban J connectivity index is 0.00000176. The Morgan fingerprint density at radius 3 is 2.86 bits per heavy atom. The van der Waals surface area contributed by atoms with Crippen molar-refractivity contribution in [3.05, 3.63) is 34.9 Å². The van der Waals surface area contributed by atoms with Gasteiger partial charge in [-0.05, 0) is 68.8 Å². The summed E-state index contributed by atoms with van der Waals surface area (Å²) in [6.07, 6.45) is 5.48. The van der Waals surface area contributed by atoms with E-state index in [0.717, 1.165) is 44.5 Å². The summed E-state index contributed by atoms with van der Waals surface area (Å²) in [5.41, 5.74) is 0.752.